The van der Waals surface area contributed by atoms with E-state index in [1.165, 1.54) is 18.5 Å². The number of amides is 1. The molecule has 0 saturated heterocycles. The molecule has 0 fully saturated rings. The quantitative estimate of drug-likeness (QED) is 0.797. The summed E-state index contributed by atoms with van der Waals surface area (Å²) >= 11 is 0. The van der Waals surface area contributed by atoms with E-state index in [2.05, 4.69) is 20.4 Å². The molecule has 0 unspecified atom stereocenters. The average molecular weight is 234 g/mol. The molecule has 17 heavy (non-hydrogen) atoms. The van der Waals surface area contributed by atoms with Gasteiger partial charge in [-0.2, -0.15) is 4.98 Å². The smallest absolute Gasteiger partial charge is 0.255 e. The lowest BCUT2D eigenvalue weighted by molar-refractivity contribution is 0.0947. The summed E-state index contributed by atoms with van der Waals surface area (Å²) in [7, 11) is 0. The van der Waals surface area contributed by atoms with Crippen LogP contribution in [0.5, 0.6) is 5.75 Å². The lowest BCUT2D eigenvalue weighted by Crippen LogP contribution is -2.23. The molecule has 0 aliphatic heterocycles. The van der Waals surface area contributed by atoms with Gasteiger partial charge in [-0.25, -0.2) is 0 Å². The van der Waals surface area contributed by atoms with E-state index in [9.17, 15) is 9.90 Å². The first kappa shape index (κ1) is 11.1. The second-order valence-electron chi connectivity index (χ2n) is 3.31. The minimum absolute atomic E-state index is 0.137. The number of carbonyl (C=O) groups excluding carboxylic acids is 1. The molecule has 2 heterocycles. The van der Waals surface area contributed by atoms with Crippen LogP contribution in [0.3, 0.4) is 0 Å². The highest BCUT2D eigenvalue weighted by Gasteiger charge is 2.11. The van der Waals surface area contributed by atoms with Crippen molar-refractivity contribution in [1.29, 1.82) is 0 Å². The van der Waals surface area contributed by atoms with Crippen molar-refractivity contribution in [2.24, 2.45) is 0 Å². The maximum absolute atomic E-state index is 11.7. The Morgan fingerprint density at radius 2 is 2.41 bits per heavy atom. The SMILES string of the molecule is Cc1nc(CNC(=O)c2ccncc2O)no1. The summed E-state index contributed by atoms with van der Waals surface area (Å²) in [5.74, 6) is 0.215. The predicted octanol–water partition coefficient (Wildman–Crippen LogP) is 0.409. The first-order valence-corrected chi connectivity index (χ1v) is 4.87. The van der Waals surface area contributed by atoms with Gasteiger partial charge < -0.3 is 14.9 Å². The monoisotopic (exact) mass is 234 g/mol. The van der Waals surface area contributed by atoms with Crippen molar-refractivity contribution < 1.29 is 14.4 Å². The molecule has 2 N–H and O–H groups in total. The molecule has 0 spiro atoms. The van der Waals surface area contributed by atoms with Crippen molar-refractivity contribution in [3.05, 3.63) is 35.7 Å². The van der Waals surface area contributed by atoms with Gasteiger partial charge in [0.25, 0.3) is 5.91 Å². The van der Waals surface area contributed by atoms with Gasteiger partial charge in [-0.3, -0.25) is 9.78 Å². The Balaban J connectivity index is 2.01. The lowest BCUT2D eigenvalue weighted by Gasteiger charge is -2.03. The summed E-state index contributed by atoms with van der Waals surface area (Å²) in [6.07, 6.45) is 2.63. The molecule has 0 bridgehead atoms. The Morgan fingerprint density at radius 1 is 1.59 bits per heavy atom. The van der Waals surface area contributed by atoms with E-state index in [0.717, 1.165) is 0 Å². The Labute approximate surface area is 96.5 Å². The first-order valence-electron chi connectivity index (χ1n) is 4.87. The Hall–Kier alpha value is -2.44. The number of aromatic nitrogens is 3. The fourth-order valence-electron chi connectivity index (χ4n) is 1.25. The van der Waals surface area contributed by atoms with E-state index in [4.69, 9.17) is 4.52 Å². The zero-order valence-corrected chi connectivity index (χ0v) is 9.04. The third-order valence-corrected chi connectivity index (χ3v) is 2.02. The van der Waals surface area contributed by atoms with Crippen LogP contribution < -0.4 is 5.32 Å². The number of pyridine rings is 1. The molecule has 2 aromatic rings. The van der Waals surface area contributed by atoms with E-state index in [1.807, 2.05) is 0 Å². The highest BCUT2D eigenvalue weighted by molar-refractivity contribution is 5.96. The van der Waals surface area contributed by atoms with E-state index in [1.54, 1.807) is 6.92 Å². The first-order chi connectivity index (χ1) is 8.16. The van der Waals surface area contributed by atoms with Gasteiger partial charge in [0.15, 0.2) is 5.82 Å². The van der Waals surface area contributed by atoms with Crippen molar-refractivity contribution in [3.63, 3.8) is 0 Å². The summed E-state index contributed by atoms with van der Waals surface area (Å²) in [6, 6.07) is 1.42. The third-order valence-electron chi connectivity index (χ3n) is 2.02. The number of aromatic hydroxyl groups is 1. The fraction of sp³-hybridized carbons (Fsp3) is 0.200. The maximum atomic E-state index is 11.7. The molecule has 0 atom stereocenters. The van der Waals surface area contributed by atoms with Gasteiger partial charge in [-0.05, 0) is 6.07 Å². The topological polar surface area (TPSA) is 101 Å². The highest BCUT2D eigenvalue weighted by Crippen LogP contribution is 2.13. The second kappa shape index (κ2) is 4.60. The van der Waals surface area contributed by atoms with Crippen LogP contribution in [0.25, 0.3) is 0 Å². The minimum Gasteiger partial charge on any atom is -0.505 e. The fourth-order valence-corrected chi connectivity index (χ4v) is 1.25. The van der Waals surface area contributed by atoms with Crippen LogP contribution in [0.2, 0.25) is 0 Å². The van der Waals surface area contributed by atoms with Crippen LogP contribution in [0.1, 0.15) is 22.1 Å². The highest BCUT2D eigenvalue weighted by atomic mass is 16.5. The number of carbonyl (C=O) groups is 1. The minimum atomic E-state index is -0.424. The molecule has 0 radical (unpaired) electrons. The van der Waals surface area contributed by atoms with Gasteiger partial charge in [0.1, 0.15) is 5.75 Å². The molecule has 0 aliphatic carbocycles. The molecule has 0 aromatic carbocycles. The second-order valence-corrected chi connectivity index (χ2v) is 3.31. The third kappa shape index (κ3) is 2.57. The van der Waals surface area contributed by atoms with Crippen molar-refractivity contribution in [3.8, 4) is 5.75 Å². The Bertz CT molecular complexity index is 538. The summed E-state index contributed by atoms with van der Waals surface area (Å²) in [4.78, 5) is 19.3. The van der Waals surface area contributed by atoms with E-state index in [0.29, 0.717) is 11.7 Å². The maximum Gasteiger partial charge on any atom is 0.255 e. The largest absolute Gasteiger partial charge is 0.505 e. The normalized spacial score (nSPS) is 10.2. The Kier molecular flexibility index (Phi) is 2.99. The summed E-state index contributed by atoms with van der Waals surface area (Å²) in [5, 5.41) is 15.6. The van der Waals surface area contributed by atoms with Crippen LogP contribution in [-0.2, 0) is 6.54 Å². The van der Waals surface area contributed by atoms with Gasteiger partial charge in [0.05, 0.1) is 18.3 Å². The van der Waals surface area contributed by atoms with Crippen molar-refractivity contribution >= 4 is 5.91 Å². The summed E-state index contributed by atoms with van der Waals surface area (Å²) < 4.78 is 4.75. The van der Waals surface area contributed by atoms with Crippen LogP contribution >= 0.6 is 0 Å². The number of hydrogen-bond acceptors (Lipinski definition) is 6. The zero-order valence-electron chi connectivity index (χ0n) is 9.04. The van der Waals surface area contributed by atoms with Gasteiger partial charge in [-0.15, -0.1) is 0 Å². The van der Waals surface area contributed by atoms with Crippen LogP contribution in [0, 0.1) is 6.92 Å². The molecule has 88 valence electrons. The summed E-state index contributed by atoms with van der Waals surface area (Å²) in [6.45, 7) is 1.80. The molecular formula is C10H10N4O3. The average Bonchev–Trinajstić information content (AvgIpc) is 2.73. The van der Waals surface area contributed by atoms with Crippen molar-refractivity contribution in [2.75, 3.05) is 0 Å². The number of hydrogen-bond donors (Lipinski definition) is 2. The van der Waals surface area contributed by atoms with Gasteiger partial charge in [0.2, 0.25) is 5.89 Å². The van der Waals surface area contributed by atoms with E-state index < -0.39 is 5.91 Å². The van der Waals surface area contributed by atoms with Crippen LogP contribution in [0.15, 0.2) is 23.0 Å². The van der Waals surface area contributed by atoms with Crippen LogP contribution in [0.4, 0.5) is 0 Å². The molecule has 0 saturated carbocycles. The number of rotatable bonds is 3. The molecule has 7 heteroatoms. The molecule has 2 rings (SSSR count). The standard InChI is InChI=1S/C10H10N4O3/c1-6-13-9(14-17-6)5-12-10(16)7-2-3-11-4-8(7)15/h2-4,15H,5H2,1H3,(H,12,16). The number of aryl methyl sites for hydroxylation is 1. The Morgan fingerprint density at radius 3 is 3.06 bits per heavy atom. The lowest BCUT2D eigenvalue weighted by atomic mass is 10.2. The molecule has 7 nitrogen and oxygen atoms in total. The van der Waals surface area contributed by atoms with E-state index in [-0.39, 0.29) is 17.9 Å². The molecule has 0 aliphatic rings. The molecular weight excluding hydrogens is 224 g/mol. The van der Waals surface area contributed by atoms with Gasteiger partial charge in [-0.1, -0.05) is 5.16 Å². The van der Waals surface area contributed by atoms with E-state index >= 15 is 0 Å². The molecule has 1 amide bonds. The zero-order chi connectivity index (χ0) is 12.3. The number of nitrogens with one attached hydrogen (secondary N) is 1. The summed E-state index contributed by atoms with van der Waals surface area (Å²) in [5.41, 5.74) is 0.153. The predicted molar refractivity (Wildman–Crippen MR) is 56.1 cm³/mol. The van der Waals surface area contributed by atoms with Crippen LogP contribution in [-0.4, -0.2) is 26.1 Å². The van der Waals surface area contributed by atoms with Crippen molar-refractivity contribution in [1.82, 2.24) is 20.4 Å². The van der Waals surface area contributed by atoms with Crippen molar-refractivity contribution in [2.45, 2.75) is 13.5 Å². The van der Waals surface area contributed by atoms with Gasteiger partial charge in [0, 0.05) is 13.1 Å². The van der Waals surface area contributed by atoms with Gasteiger partial charge >= 0.3 is 0 Å². The molecule has 2 aromatic heterocycles. The number of nitrogens with zero attached hydrogens (tertiary/aromatic N) is 3.